The fraction of sp³-hybridized carbons (Fsp3) is 0.167. The number of tetrazole rings is 1. The van der Waals surface area contributed by atoms with Crippen molar-refractivity contribution in [2.75, 3.05) is 7.11 Å². The minimum absolute atomic E-state index is 0.468. The summed E-state index contributed by atoms with van der Waals surface area (Å²) in [5, 5.41) is 16.5. The lowest BCUT2D eigenvalue weighted by Crippen LogP contribution is -1.99. The Balaban J connectivity index is 1.47. The third-order valence-corrected chi connectivity index (χ3v) is 4.76. The maximum Gasteiger partial charge on any atom is 0.237 e. The molecule has 0 aliphatic rings. The van der Waals surface area contributed by atoms with Crippen molar-refractivity contribution < 1.29 is 9.26 Å². The van der Waals surface area contributed by atoms with E-state index in [1.165, 1.54) is 17.3 Å². The van der Waals surface area contributed by atoms with E-state index in [9.17, 15) is 0 Å². The zero-order valence-electron chi connectivity index (χ0n) is 14.7. The molecule has 27 heavy (non-hydrogen) atoms. The predicted molar refractivity (Wildman–Crippen MR) is 99.7 cm³/mol. The Kier molecular flexibility index (Phi) is 4.84. The molecular formula is C18H16N6O2S. The highest BCUT2D eigenvalue weighted by atomic mass is 32.2. The Morgan fingerprint density at radius 1 is 1.07 bits per heavy atom. The molecule has 136 valence electrons. The van der Waals surface area contributed by atoms with E-state index in [1.54, 1.807) is 11.8 Å². The monoisotopic (exact) mass is 380 g/mol. The van der Waals surface area contributed by atoms with Crippen LogP contribution in [0.15, 0.2) is 58.2 Å². The van der Waals surface area contributed by atoms with Crippen LogP contribution >= 0.6 is 11.8 Å². The first kappa shape index (κ1) is 17.2. The smallest absolute Gasteiger partial charge is 0.237 e. The summed E-state index contributed by atoms with van der Waals surface area (Å²) in [6.07, 6.45) is 0. The fourth-order valence-electron chi connectivity index (χ4n) is 2.41. The number of hydrogen-bond acceptors (Lipinski definition) is 8. The predicted octanol–water partition coefficient (Wildman–Crippen LogP) is 3.32. The standard InChI is InChI=1S/C18H16N6O2S/c1-12-3-5-13(6-4-12)17-19-16(26-21-17)11-27-18-20-22-23-24(18)14-7-9-15(25-2)10-8-14/h3-10H,11H2,1-2H3. The molecule has 0 aliphatic carbocycles. The summed E-state index contributed by atoms with van der Waals surface area (Å²) in [6, 6.07) is 15.5. The van der Waals surface area contributed by atoms with Gasteiger partial charge in [-0.15, -0.1) is 5.10 Å². The second-order valence-corrected chi connectivity index (χ2v) is 6.68. The lowest BCUT2D eigenvalue weighted by Gasteiger charge is -2.04. The van der Waals surface area contributed by atoms with Gasteiger partial charge in [0, 0.05) is 5.56 Å². The van der Waals surface area contributed by atoms with Gasteiger partial charge in [-0.05, 0) is 41.6 Å². The zero-order chi connectivity index (χ0) is 18.6. The number of aryl methyl sites for hydroxylation is 1. The Hall–Kier alpha value is -3.20. The van der Waals surface area contributed by atoms with E-state index in [4.69, 9.17) is 9.26 Å². The summed E-state index contributed by atoms with van der Waals surface area (Å²) >= 11 is 1.42. The van der Waals surface area contributed by atoms with Crippen LogP contribution in [0.3, 0.4) is 0 Å². The largest absolute Gasteiger partial charge is 0.497 e. The number of benzene rings is 2. The van der Waals surface area contributed by atoms with Gasteiger partial charge >= 0.3 is 0 Å². The van der Waals surface area contributed by atoms with Crippen LogP contribution < -0.4 is 4.74 Å². The zero-order valence-corrected chi connectivity index (χ0v) is 15.6. The SMILES string of the molecule is COc1ccc(-n2nnnc2SCc2nc(-c3ccc(C)cc3)no2)cc1. The lowest BCUT2D eigenvalue weighted by atomic mass is 10.1. The second kappa shape index (κ2) is 7.58. The molecule has 4 rings (SSSR count). The van der Waals surface area contributed by atoms with Gasteiger partial charge in [0.25, 0.3) is 0 Å². The van der Waals surface area contributed by atoms with Gasteiger partial charge < -0.3 is 9.26 Å². The molecule has 0 amide bonds. The van der Waals surface area contributed by atoms with E-state index < -0.39 is 0 Å². The third-order valence-electron chi connectivity index (χ3n) is 3.86. The molecule has 0 aliphatic heterocycles. The summed E-state index contributed by atoms with van der Waals surface area (Å²) in [6.45, 7) is 2.04. The van der Waals surface area contributed by atoms with Crippen LogP contribution in [-0.4, -0.2) is 37.5 Å². The Bertz CT molecular complexity index is 1030. The molecule has 2 aromatic carbocycles. The number of hydrogen-bond donors (Lipinski definition) is 0. The first-order valence-corrected chi connectivity index (χ1v) is 9.17. The molecule has 0 atom stereocenters. The highest BCUT2D eigenvalue weighted by Gasteiger charge is 2.13. The van der Waals surface area contributed by atoms with Gasteiger partial charge in [0.15, 0.2) is 0 Å². The summed E-state index contributed by atoms with van der Waals surface area (Å²) in [5.41, 5.74) is 2.95. The summed E-state index contributed by atoms with van der Waals surface area (Å²) in [4.78, 5) is 4.44. The Morgan fingerprint density at radius 2 is 1.85 bits per heavy atom. The van der Waals surface area contributed by atoms with Gasteiger partial charge in [0.05, 0.1) is 18.6 Å². The third kappa shape index (κ3) is 3.82. The highest BCUT2D eigenvalue weighted by molar-refractivity contribution is 7.98. The normalized spacial score (nSPS) is 10.9. The first-order chi connectivity index (χ1) is 13.2. The number of rotatable bonds is 6. The van der Waals surface area contributed by atoms with Crippen LogP contribution in [0.25, 0.3) is 17.1 Å². The maximum absolute atomic E-state index is 5.35. The summed E-state index contributed by atoms with van der Waals surface area (Å²) in [5.74, 6) is 2.32. The van der Waals surface area contributed by atoms with E-state index in [0.29, 0.717) is 22.6 Å². The second-order valence-electron chi connectivity index (χ2n) is 5.74. The number of thioether (sulfide) groups is 1. The molecule has 0 spiro atoms. The van der Waals surface area contributed by atoms with Gasteiger partial charge in [-0.2, -0.15) is 9.67 Å². The molecule has 0 bridgehead atoms. The van der Waals surface area contributed by atoms with Crippen LogP contribution in [0, 0.1) is 6.92 Å². The van der Waals surface area contributed by atoms with E-state index >= 15 is 0 Å². The molecule has 0 N–H and O–H groups in total. The average molecular weight is 380 g/mol. The van der Waals surface area contributed by atoms with E-state index in [0.717, 1.165) is 17.0 Å². The van der Waals surface area contributed by atoms with E-state index in [1.807, 2.05) is 55.5 Å². The average Bonchev–Trinajstić information content (AvgIpc) is 3.36. The van der Waals surface area contributed by atoms with Gasteiger partial charge in [0.1, 0.15) is 5.75 Å². The van der Waals surface area contributed by atoms with Gasteiger partial charge in [-0.25, -0.2) is 0 Å². The molecule has 0 fully saturated rings. The van der Waals surface area contributed by atoms with Crippen molar-refractivity contribution in [3.05, 3.63) is 60.0 Å². The van der Waals surface area contributed by atoms with Crippen LogP contribution in [0.5, 0.6) is 5.75 Å². The number of nitrogens with zero attached hydrogens (tertiary/aromatic N) is 6. The van der Waals surface area contributed by atoms with Gasteiger partial charge in [-0.3, -0.25) is 0 Å². The van der Waals surface area contributed by atoms with Crippen molar-refractivity contribution in [3.8, 4) is 22.8 Å². The number of ether oxygens (including phenoxy) is 1. The van der Waals surface area contributed by atoms with Crippen molar-refractivity contribution >= 4 is 11.8 Å². The van der Waals surface area contributed by atoms with Gasteiger partial charge in [0.2, 0.25) is 16.9 Å². The molecule has 0 radical (unpaired) electrons. The molecular weight excluding hydrogens is 364 g/mol. The molecule has 0 saturated carbocycles. The maximum atomic E-state index is 5.35. The molecule has 0 saturated heterocycles. The molecule has 2 heterocycles. The first-order valence-electron chi connectivity index (χ1n) is 8.18. The van der Waals surface area contributed by atoms with Crippen molar-refractivity contribution in [1.29, 1.82) is 0 Å². The fourth-order valence-corrected chi connectivity index (χ4v) is 3.14. The molecule has 0 unspecified atom stereocenters. The quantitative estimate of drug-likeness (QED) is 0.470. The molecule has 4 aromatic rings. The Morgan fingerprint density at radius 3 is 2.59 bits per heavy atom. The lowest BCUT2D eigenvalue weighted by molar-refractivity contribution is 0.391. The molecule has 9 heteroatoms. The van der Waals surface area contributed by atoms with Crippen molar-refractivity contribution in [1.82, 2.24) is 30.3 Å². The Labute approximate surface area is 159 Å². The highest BCUT2D eigenvalue weighted by Crippen LogP contribution is 2.24. The van der Waals surface area contributed by atoms with Crippen LogP contribution in [-0.2, 0) is 5.75 Å². The molecule has 8 nitrogen and oxygen atoms in total. The number of methoxy groups -OCH3 is 1. The van der Waals surface area contributed by atoms with Gasteiger partial charge in [-0.1, -0.05) is 46.7 Å². The van der Waals surface area contributed by atoms with Crippen LogP contribution in [0.2, 0.25) is 0 Å². The topological polar surface area (TPSA) is 91.8 Å². The van der Waals surface area contributed by atoms with Crippen LogP contribution in [0.1, 0.15) is 11.5 Å². The minimum Gasteiger partial charge on any atom is -0.497 e. The van der Waals surface area contributed by atoms with Crippen molar-refractivity contribution in [3.63, 3.8) is 0 Å². The van der Waals surface area contributed by atoms with E-state index in [-0.39, 0.29) is 0 Å². The minimum atomic E-state index is 0.468. The van der Waals surface area contributed by atoms with E-state index in [2.05, 4.69) is 25.7 Å². The van der Waals surface area contributed by atoms with Crippen molar-refractivity contribution in [2.24, 2.45) is 0 Å². The summed E-state index contributed by atoms with van der Waals surface area (Å²) in [7, 11) is 1.63. The molecule has 2 aromatic heterocycles. The van der Waals surface area contributed by atoms with Crippen molar-refractivity contribution in [2.45, 2.75) is 17.8 Å². The number of aromatic nitrogens is 6. The summed E-state index contributed by atoms with van der Waals surface area (Å²) < 4.78 is 12.2. The van der Waals surface area contributed by atoms with Crippen LogP contribution in [0.4, 0.5) is 0 Å².